The molecule has 0 fully saturated rings. The van der Waals surface area contributed by atoms with Crippen molar-refractivity contribution in [2.75, 3.05) is 5.75 Å². The van der Waals surface area contributed by atoms with Gasteiger partial charge in [0, 0.05) is 13.6 Å². The van der Waals surface area contributed by atoms with E-state index >= 15 is 0 Å². The molecule has 0 aliphatic heterocycles. The van der Waals surface area contributed by atoms with E-state index in [1.807, 2.05) is 6.92 Å². The molecule has 4 nitrogen and oxygen atoms in total. The Balaban J connectivity index is 2.77. The van der Waals surface area contributed by atoms with E-state index in [-0.39, 0.29) is 10.8 Å². The fraction of sp³-hybridized carbons (Fsp3) is 0.778. The number of unbranched alkanes of at least 4 members (excludes halogenated alkanes) is 1. The van der Waals surface area contributed by atoms with Gasteiger partial charge in [0.15, 0.2) is 5.16 Å². The summed E-state index contributed by atoms with van der Waals surface area (Å²) in [6.07, 6.45) is -2.58. The highest BCUT2D eigenvalue weighted by Crippen LogP contribution is 2.25. The fourth-order valence-electron chi connectivity index (χ4n) is 1.19. The molecular formula is C9H14F3N3OS. The number of aryl methyl sites for hydroxylation is 1. The average molecular weight is 269 g/mol. The second-order valence-corrected chi connectivity index (χ2v) is 4.55. The zero-order valence-corrected chi connectivity index (χ0v) is 10.4. The molecule has 0 radical (unpaired) electrons. The van der Waals surface area contributed by atoms with Crippen LogP contribution in [0.25, 0.3) is 0 Å². The van der Waals surface area contributed by atoms with Crippen molar-refractivity contribution in [1.29, 1.82) is 0 Å². The normalized spacial score (nSPS) is 12.1. The molecule has 0 atom stereocenters. The highest BCUT2D eigenvalue weighted by atomic mass is 32.2. The summed E-state index contributed by atoms with van der Waals surface area (Å²) in [6.45, 7) is 2.41. The zero-order valence-electron chi connectivity index (χ0n) is 9.62. The summed E-state index contributed by atoms with van der Waals surface area (Å²) in [5.74, 6) is -1.04. The molecule has 0 bridgehead atoms. The van der Waals surface area contributed by atoms with Gasteiger partial charge in [-0.25, -0.2) is 9.48 Å². The topological polar surface area (TPSA) is 39.8 Å². The monoisotopic (exact) mass is 269 g/mol. The van der Waals surface area contributed by atoms with Crippen LogP contribution in [0.3, 0.4) is 0 Å². The molecule has 1 aromatic rings. The van der Waals surface area contributed by atoms with E-state index in [9.17, 15) is 18.0 Å². The van der Waals surface area contributed by atoms with E-state index in [1.54, 1.807) is 0 Å². The minimum atomic E-state index is -4.26. The van der Waals surface area contributed by atoms with Crippen LogP contribution in [0.2, 0.25) is 0 Å². The molecule has 0 spiro atoms. The average Bonchev–Trinajstić information content (AvgIpc) is 2.50. The molecular weight excluding hydrogens is 255 g/mol. The number of alkyl halides is 3. The Hall–Kier alpha value is -0.920. The Bertz CT molecular complexity index is 424. The van der Waals surface area contributed by atoms with Crippen LogP contribution in [0, 0.1) is 0 Å². The summed E-state index contributed by atoms with van der Waals surface area (Å²) in [4.78, 5) is 11.6. The van der Waals surface area contributed by atoms with Crippen LogP contribution < -0.4 is 5.69 Å². The van der Waals surface area contributed by atoms with Crippen LogP contribution in [-0.2, 0) is 13.6 Å². The Morgan fingerprint density at radius 3 is 2.59 bits per heavy atom. The Morgan fingerprint density at radius 2 is 2.06 bits per heavy atom. The Morgan fingerprint density at radius 1 is 1.41 bits per heavy atom. The van der Waals surface area contributed by atoms with Crippen molar-refractivity contribution in [3.63, 3.8) is 0 Å². The molecule has 17 heavy (non-hydrogen) atoms. The maximum Gasteiger partial charge on any atom is 0.398 e. The van der Waals surface area contributed by atoms with Gasteiger partial charge in [-0.3, -0.25) is 4.57 Å². The van der Waals surface area contributed by atoms with Crippen LogP contribution in [0.5, 0.6) is 0 Å². The van der Waals surface area contributed by atoms with E-state index in [4.69, 9.17) is 0 Å². The van der Waals surface area contributed by atoms with Crippen LogP contribution in [0.1, 0.15) is 19.8 Å². The quantitative estimate of drug-likeness (QED) is 0.768. The van der Waals surface area contributed by atoms with Crippen LogP contribution in [-0.4, -0.2) is 26.3 Å². The molecule has 1 heterocycles. The predicted octanol–water partition coefficient (Wildman–Crippen LogP) is 2.04. The molecule has 98 valence electrons. The molecule has 0 aliphatic rings. The number of nitrogens with zero attached hydrogens (tertiary/aromatic N) is 3. The third-order valence-corrected chi connectivity index (χ3v) is 3.17. The van der Waals surface area contributed by atoms with Gasteiger partial charge in [-0.05, 0) is 6.42 Å². The Kier molecular flexibility index (Phi) is 4.67. The summed E-state index contributed by atoms with van der Waals surface area (Å²) < 4.78 is 38.5. The van der Waals surface area contributed by atoms with Crippen molar-refractivity contribution in [3.8, 4) is 0 Å². The lowest BCUT2D eigenvalue weighted by Crippen LogP contribution is -2.23. The zero-order chi connectivity index (χ0) is 13.1. The second kappa shape index (κ2) is 5.61. The van der Waals surface area contributed by atoms with Crippen molar-refractivity contribution in [1.82, 2.24) is 14.3 Å². The number of rotatable bonds is 5. The number of aromatic nitrogens is 3. The molecule has 0 N–H and O–H groups in total. The maximum atomic E-state index is 12.0. The number of thioether (sulfide) groups is 1. The first-order valence-corrected chi connectivity index (χ1v) is 6.17. The van der Waals surface area contributed by atoms with Gasteiger partial charge >= 0.3 is 11.9 Å². The molecule has 0 unspecified atom stereocenters. The summed E-state index contributed by atoms with van der Waals surface area (Å²) in [5.41, 5.74) is -0.372. The summed E-state index contributed by atoms with van der Waals surface area (Å²) >= 11 is 0.528. The minimum Gasteiger partial charge on any atom is -0.273 e. The van der Waals surface area contributed by atoms with E-state index in [0.717, 1.165) is 17.4 Å². The lowest BCUT2D eigenvalue weighted by atomic mass is 10.3. The van der Waals surface area contributed by atoms with Crippen molar-refractivity contribution in [2.45, 2.75) is 37.6 Å². The van der Waals surface area contributed by atoms with E-state index < -0.39 is 11.9 Å². The van der Waals surface area contributed by atoms with Crippen molar-refractivity contribution in [2.24, 2.45) is 7.05 Å². The van der Waals surface area contributed by atoms with Gasteiger partial charge in [-0.15, -0.1) is 5.10 Å². The molecule has 0 aromatic carbocycles. The lowest BCUT2D eigenvalue weighted by Gasteiger charge is -2.03. The largest absolute Gasteiger partial charge is 0.398 e. The van der Waals surface area contributed by atoms with Crippen LogP contribution in [0.15, 0.2) is 9.95 Å². The van der Waals surface area contributed by atoms with Gasteiger partial charge in [0.25, 0.3) is 0 Å². The smallest absolute Gasteiger partial charge is 0.273 e. The van der Waals surface area contributed by atoms with Crippen molar-refractivity contribution >= 4 is 11.8 Å². The van der Waals surface area contributed by atoms with Crippen molar-refractivity contribution < 1.29 is 13.2 Å². The molecule has 1 aromatic heterocycles. The number of halogens is 3. The van der Waals surface area contributed by atoms with Gasteiger partial charge in [0.1, 0.15) is 0 Å². The molecule has 0 amide bonds. The third kappa shape index (κ3) is 4.10. The fourth-order valence-corrected chi connectivity index (χ4v) is 1.91. The molecule has 0 saturated carbocycles. The third-order valence-electron chi connectivity index (χ3n) is 2.09. The van der Waals surface area contributed by atoms with Gasteiger partial charge < -0.3 is 0 Å². The first-order chi connectivity index (χ1) is 7.85. The van der Waals surface area contributed by atoms with Gasteiger partial charge in [0.05, 0.1) is 5.75 Å². The Labute approximate surface area is 101 Å². The van der Waals surface area contributed by atoms with Crippen LogP contribution in [0.4, 0.5) is 13.2 Å². The SMILES string of the molecule is CCCCn1nc(SCC(F)(F)F)n(C)c1=O. The van der Waals surface area contributed by atoms with E-state index in [0.29, 0.717) is 18.3 Å². The second-order valence-electron chi connectivity index (χ2n) is 3.60. The highest BCUT2D eigenvalue weighted by Gasteiger charge is 2.28. The van der Waals surface area contributed by atoms with Gasteiger partial charge in [-0.1, -0.05) is 25.1 Å². The van der Waals surface area contributed by atoms with E-state index in [1.165, 1.54) is 11.7 Å². The highest BCUT2D eigenvalue weighted by molar-refractivity contribution is 7.99. The molecule has 0 aliphatic carbocycles. The predicted molar refractivity (Wildman–Crippen MR) is 59.2 cm³/mol. The molecule has 8 heteroatoms. The van der Waals surface area contributed by atoms with Gasteiger partial charge in [0.2, 0.25) is 0 Å². The van der Waals surface area contributed by atoms with Crippen LogP contribution >= 0.6 is 11.8 Å². The van der Waals surface area contributed by atoms with Crippen molar-refractivity contribution in [3.05, 3.63) is 10.5 Å². The number of hydrogen-bond donors (Lipinski definition) is 0. The lowest BCUT2D eigenvalue weighted by molar-refractivity contribution is -0.105. The first kappa shape index (κ1) is 14.1. The number of hydrogen-bond acceptors (Lipinski definition) is 3. The molecule has 0 saturated heterocycles. The van der Waals surface area contributed by atoms with Gasteiger partial charge in [-0.2, -0.15) is 13.2 Å². The first-order valence-electron chi connectivity index (χ1n) is 5.18. The summed E-state index contributed by atoms with van der Waals surface area (Å²) in [6, 6.07) is 0. The summed E-state index contributed by atoms with van der Waals surface area (Å²) in [5, 5.41) is 3.98. The maximum absolute atomic E-state index is 12.0. The van der Waals surface area contributed by atoms with E-state index in [2.05, 4.69) is 5.10 Å². The summed E-state index contributed by atoms with van der Waals surface area (Å²) in [7, 11) is 1.43. The minimum absolute atomic E-state index is 0.100. The molecule has 1 rings (SSSR count). The standard InChI is InChI=1S/C9H14F3N3OS/c1-3-4-5-15-8(16)14(2)7(13-15)17-6-9(10,11)12/h3-6H2,1-2H3.